The second-order valence-electron chi connectivity index (χ2n) is 6.64. The lowest BCUT2D eigenvalue weighted by atomic mass is 9.96. The standard InChI is InChI=1S/C19H10F12O/c20-16(21,22)12-3-1-9(7-14(12)18(26,27)28)5-11(32)6-10-2-4-13(17(23,24)25)15(8-10)19(29,30)31/h1-4,7-8H,5-6H2. The molecule has 0 aliphatic heterocycles. The third-order valence-corrected chi connectivity index (χ3v) is 4.19. The molecule has 0 aliphatic carbocycles. The van der Waals surface area contributed by atoms with Gasteiger partial charge in [-0.3, -0.25) is 4.79 Å². The van der Waals surface area contributed by atoms with Crippen LogP contribution in [0, 0.1) is 0 Å². The van der Waals surface area contributed by atoms with Crippen molar-refractivity contribution in [3.8, 4) is 0 Å². The van der Waals surface area contributed by atoms with Crippen LogP contribution in [0.3, 0.4) is 0 Å². The Morgan fingerprint density at radius 2 is 0.781 bits per heavy atom. The largest absolute Gasteiger partial charge is 0.417 e. The molecule has 2 aromatic rings. The number of carbonyl (C=O) groups is 1. The van der Waals surface area contributed by atoms with E-state index in [0.29, 0.717) is 12.1 Å². The van der Waals surface area contributed by atoms with Crippen molar-refractivity contribution in [2.45, 2.75) is 37.5 Å². The van der Waals surface area contributed by atoms with E-state index in [0.717, 1.165) is 0 Å². The molecule has 0 fully saturated rings. The lowest BCUT2D eigenvalue weighted by Crippen LogP contribution is -2.18. The Hall–Kier alpha value is -2.73. The highest BCUT2D eigenvalue weighted by atomic mass is 19.4. The normalized spacial score (nSPS) is 13.4. The fourth-order valence-electron chi connectivity index (χ4n) is 2.88. The van der Waals surface area contributed by atoms with Crippen LogP contribution >= 0.6 is 0 Å². The van der Waals surface area contributed by atoms with Gasteiger partial charge in [-0.15, -0.1) is 0 Å². The first-order valence-corrected chi connectivity index (χ1v) is 8.36. The summed E-state index contributed by atoms with van der Waals surface area (Å²) in [5.41, 5.74) is -9.08. The SMILES string of the molecule is O=C(Cc1ccc(C(F)(F)F)c(C(F)(F)F)c1)Cc1ccc(C(F)(F)F)c(C(F)(F)F)c1. The molecular formula is C19H10F12O. The van der Waals surface area contributed by atoms with Crippen LogP contribution in [0.1, 0.15) is 33.4 Å². The molecule has 0 bridgehead atoms. The predicted octanol–water partition coefficient (Wildman–Crippen LogP) is 7.12. The average Bonchev–Trinajstić information content (AvgIpc) is 2.58. The zero-order chi connectivity index (χ0) is 24.7. The van der Waals surface area contributed by atoms with Gasteiger partial charge in [0.1, 0.15) is 5.78 Å². The molecule has 0 spiro atoms. The fourth-order valence-corrected chi connectivity index (χ4v) is 2.88. The monoisotopic (exact) mass is 482 g/mol. The van der Waals surface area contributed by atoms with Crippen LogP contribution in [0.15, 0.2) is 36.4 Å². The minimum absolute atomic E-state index is 0.0919. The average molecular weight is 482 g/mol. The second kappa shape index (κ2) is 8.32. The number of hydrogen-bond donors (Lipinski definition) is 0. The molecule has 1 nitrogen and oxygen atoms in total. The molecule has 32 heavy (non-hydrogen) atoms. The molecule has 2 aromatic carbocycles. The van der Waals surface area contributed by atoms with Crippen molar-refractivity contribution < 1.29 is 57.5 Å². The molecule has 0 saturated carbocycles. The minimum Gasteiger partial charge on any atom is -0.299 e. The lowest BCUT2D eigenvalue weighted by Gasteiger charge is -2.17. The molecule has 0 atom stereocenters. The topological polar surface area (TPSA) is 17.1 Å². The molecular weight excluding hydrogens is 472 g/mol. The number of rotatable bonds is 4. The summed E-state index contributed by atoms with van der Waals surface area (Å²) >= 11 is 0. The number of ketones is 1. The summed E-state index contributed by atoms with van der Waals surface area (Å²) in [6, 6.07) is 1.62. The second-order valence-corrected chi connectivity index (χ2v) is 6.64. The maximum absolute atomic E-state index is 12.9. The molecule has 0 aromatic heterocycles. The van der Waals surface area contributed by atoms with Crippen molar-refractivity contribution in [2.75, 3.05) is 0 Å². The zero-order valence-electron chi connectivity index (χ0n) is 15.3. The van der Waals surface area contributed by atoms with Gasteiger partial charge in [-0.1, -0.05) is 12.1 Å². The van der Waals surface area contributed by atoms with E-state index >= 15 is 0 Å². The van der Waals surface area contributed by atoms with E-state index in [2.05, 4.69) is 0 Å². The van der Waals surface area contributed by atoms with Gasteiger partial charge in [-0.2, -0.15) is 52.7 Å². The van der Waals surface area contributed by atoms with Crippen molar-refractivity contribution in [3.05, 3.63) is 69.8 Å². The molecule has 0 heterocycles. The van der Waals surface area contributed by atoms with Gasteiger partial charge in [0, 0.05) is 12.8 Å². The third kappa shape index (κ3) is 6.16. The number of halogens is 12. The van der Waals surface area contributed by atoms with E-state index in [1.165, 1.54) is 0 Å². The summed E-state index contributed by atoms with van der Waals surface area (Å²) in [6.45, 7) is 0. The first-order valence-electron chi connectivity index (χ1n) is 8.36. The summed E-state index contributed by atoms with van der Waals surface area (Å²) in [5.74, 6) is -1.02. The van der Waals surface area contributed by atoms with Crippen molar-refractivity contribution in [3.63, 3.8) is 0 Å². The first-order chi connectivity index (χ1) is 14.3. The number of benzene rings is 2. The number of hydrogen-bond acceptors (Lipinski definition) is 1. The van der Waals surface area contributed by atoms with Gasteiger partial charge >= 0.3 is 24.7 Å². The highest BCUT2D eigenvalue weighted by Crippen LogP contribution is 2.42. The fraction of sp³-hybridized carbons (Fsp3) is 0.316. The highest BCUT2D eigenvalue weighted by Gasteiger charge is 2.44. The van der Waals surface area contributed by atoms with Crippen LogP contribution in [0.2, 0.25) is 0 Å². The molecule has 2 rings (SSSR count). The van der Waals surface area contributed by atoms with Gasteiger partial charge in [0.2, 0.25) is 0 Å². The smallest absolute Gasteiger partial charge is 0.299 e. The zero-order valence-corrected chi connectivity index (χ0v) is 15.3. The third-order valence-electron chi connectivity index (χ3n) is 4.19. The van der Waals surface area contributed by atoms with E-state index in [1.54, 1.807) is 0 Å². The Labute approximate surface area is 171 Å². The first kappa shape index (κ1) is 25.5. The maximum atomic E-state index is 12.9. The van der Waals surface area contributed by atoms with E-state index in [9.17, 15) is 57.5 Å². The van der Waals surface area contributed by atoms with Gasteiger partial charge in [0.15, 0.2) is 0 Å². The van der Waals surface area contributed by atoms with Crippen LogP contribution < -0.4 is 0 Å². The van der Waals surface area contributed by atoms with Crippen LogP contribution in [0.4, 0.5) is 52.7 Å². The molecule has 13 heteroatoms. The van der Waals surface area contributed by atoms with E-state index in [4.69, 9.17) is 0 Å². The Morgan fingerprint density at radius 3 is 1.03 bits per heavy atom. The quantitative estimate of drug-likeness (QED) is 0.425. The molecule has 0 unspecified atom stereocenters. The van der Waals surface area contributed by atoms with Gasteiger partial charge in [-0.05, 0) is 35.4 Å². The number of carbonyl (C=O) groups excluding carboxylic acids is 1. The Kier molecular flexibility index (Phi) is 6.64. The summed E-state index contributed by atoms with van der Waals surface area (Å²) < 4.78 is 154. The summed E-state index contributed by atoms with van der Waals surface area (Å²) in [6.07, 6.45) is -23.2. The lowest BCUT2D eigenvalue weighted by molar-refractivity contribution is -0.162. The number of alkyl halides is 12. The molecule has 0 saturated heterocycles. The summed E-state index contributed by atoms with van der Waals surface area (Å²) in [5, 5.41) is 0. The predicted molar refractivity (Wildman–Crippen MR) is 85.3 cm³/mol. The molecule has 0 amide bonds. The van der Waals surface area contributed by atoms with Gasteiger partial charge in [-0.25, -0.2) is 0 Å². The van der Waals surface area contributed by atoms with Crippen molar-refractivity contribution in [1.82, 2.24) is 0 Å². The Morgan fingerprint density at radius 1 is 0.500 bits per heavy atom. The van der Waals surface area contributed by atoms with Crippen LogP contribution in [-0.4, -0.2) is 5.78 Å². The number of Topliss-reactive ketones (excluding diaryl/α,β-unsaturated/α-hetero) is 1. The molecule has 0 radical (unpaired) electrons. The van der Waals surface area contributed by atoms with Crippen LogP contribution in [0.5, 0.6) is 0 Å². The minimum atomic E-state index is -5.40. The highest BCUT2D eigenvalue weighted by molar-refractivity contribution is 5.83. The van der Waals surface area contributed by atoms with Gasteiger partial charge in [0.25, 0.3) is 0 Å². The Balaban J connectivity index is 2.32. The van der Waals surface area contributed by atoms with Gasteiger partial charge < -0.3 is 0 Å². The molecule has 0 N–H and O–H groups in total. The van der Waals surface area contributed by atoms with Gasteiger partial charge in [0.05, 0.1) is 22.3 Å². The van der Waals surface area contributed by atoms with Crippen molar-refractivity contribution in [2.24, 2.45) is 0 Å². The summed E-state index contributed by atoms with van der Waals surface area (Å²) in [7, 11) is 0. The van der Waals surface area contributed by atoms with E-state index < -0.39 is 76.7 Å². The maximum Gasteiger partial charge on any atom is 0.417 e. The van der Waals surface area contributed by atoms with Crippen molar-refractivity contribution >= 4 is 5.78 Å². The van der Waals surface area contributed by atoms with Crippen LogP contribution in [-0.2, 0) is 42.3 Å². The van der Waals surface area contributed by atoms with Crippen molar-refractivity contribution in [1.29, 1.82) is 0 Å². The summed E-state index contributed by atoms with van der Waals surface area (Å²) in [4.78, 5) is 12.1. The molecule has 0 aliphatic rings. The van der Waals surface area contributed by atoms with E-state index in [-0.39, 0.29) is 24.3 Å². The van der Waals surface area contributed by atoms with Crippen LogP contribution in [0.25, 0.3) is 0 Å². The molecule has 176 valence electrons. The Bertz CT molecular complexity index is 914. The van der Waals surface area contributed by atoms with E-state index in [1.807, 2.05) is 0 Å².